The van der Waals surface area contributed by atoms with Crippen molar-refractivity contribution in [2.45, 2.75) is 50.2 Å². The van der Waals surface area contributed by atoms with E-state index in [4.69, 9.17) is 4.74 Å². The Morgan fingerprint density at radius 1 is 0.867 bits per heavy atom. The number of hydrogen-bond donors (Lipinski definition) is 1. The van der Waals surface area contributed by atoms with Gasteiger partial charge in [0.05, 0.1) is 17.7 Å². The van der Waals surface area contributed by atoms with Gasteiger partial charge < -0.3 is 15.0 Å². The second-order valence-electron chi connectivity index (χ2n) is 10.7. The van der Waals surface area contributed by atoms with E-state index in [0.717, 1.165) is 34.1 Å². The molecule has 0 saturated heterocycles. The fourth-order valence-electron chi connectivity index (χ4n) is 4.82. The van der Waals surface area contributed by atoms with Gasteiger partial charge in [0.2, 0.25) is 11.8 Å². The molecule has 45 heavy (non-hydrogen) atoms. The summed E-state index contributed by atoms with van der Waals surface area (Å²) < 4.78 is 48.0. The van der Waals surface area contributed by atoms with Gasteiger partial charge in [0.15, 0.2) is 0 Å². The van der Waals surface area contributed by atoms with Gasteiger partial charge in [-0.3, -0.25) is 13.9 Å². The lowest BCUT2D eigenvalue weighted by molar-refractivity contribution is -0.140. The van der Waals surface area contributed by atoms with E-state index < -0.39 is 34.3 Å². The molecule has 4 aromatic carbocycles. The van der Waals surface area contributed by atoms with Crippen molar-refractivity contribution in [3.8, 4) is 5.75 Å². The van der Waals surface area contributed by atoms with Crippen molar-refractivity contribution in [3.05, 3.63) is 126 Å². The van der Waals surface area contributed by atoms with E-state index in [1.807, 2.05) is 50.2 Å². The maximum atomic E-state index is 14.5. The quantitative estimate of drug-likeness (QED) is 0.196. The Bertz CT molecular complexity index is 1670. The lowest BCUT2D eigenvalue weighted by atomic mass is 10.0. The van der Waals surface area contributed by atoms with Gasteiger partial charge in [-0.15, -0.1) is 0 Å². The zero-order valence-corrected chi connectivity index (χ0v) is 26.4. The molecule has 0 fully saturated rings. The van der Waals surface area contributed by atoms with Crippen LogP contribution in [0.2, 0.25) is 0 Å². The Morgan fingerprint density at radius 3 is 2.11 bits per heavy atom. The van der Waals surface area contributed by atoms with Crippen molar-refractivity contribution in [2.24, 2.45) is 0 Å². The first-order valence-electron chi connectivity index (χ1n) is 14.7. The number of ether oxygens (including phenoxy) is 1. The number of rotatable bonds is 14. The lowest BCUT2D eigenvalue weighted by Gasteiger charge is -2.34. The maximum absolute atomic E-state index is 14.5. The number of para-hydroxylation sites is 1. The van der Waals surface area contributed by atoms with Crippen LogP contribution in [0.25, 0.3) is 0 Å². The molecule has 10 heteroatoms. The maximum Gasteiger partial charge on any atom is 0.264 e. The molecule has 8 nitrogen and oxygen atoms in total. The number of sulfonamides is 1. The number of benzene rings is 4. The molecule has 2 amide bonds. The molecule has 0 heterocycles. The van der Waals surface area contributed by atoms with Gasteiger partial charge in [-0.25, -0.2) is 12.8 Å². The number of anilines is 1. The second kappa shape index (κ2) is 15.3. The Kier molecular flexibility index (Phi) is 11.3. The first-order valence-corrected chi connectivity index (χ1v) is 16.2. The number of hydrogen-bond acceptors (Lipinski definition) is 5. The lowest BCUT2D eigenvalue weighted by Crippen LogP contribution is -2.54. The van der Waals surface area contributed by atoms with Crippen LogP contribution in [-0.4, -0.2) is 50.9 Å². The normalized spacial score (nSPS) is 12.5. The molecule has 236 valence electrons. The molecule has 0 radical (unpaired) electrons. The van der Waals surface area contributed by atoms with Crippen LogP contribution in [0.3, 0.4) is 0 Å². The van der Waals surface area contributed by atoms with Crippen LogP contribution in [0.15, 0.2) is 114 Å². The predicted molar refractivity (Wildman–Crippen MR) is 173 cm³/mol. The summed E-state index contributed by atoms with van der Waals surface area (Å²) >= 11 is 0. The molecule has 0 bridgehead atoms. The van der Waals surface area contributed by atoms with Gasteiger partial charge >= 0.3 is 0 Å². The Labute approximate surface area is 264 Å². The minimum atomic E-state index is -4.31. The van der Waals surface area contributed by atoms with Crippen LogP contribution < -0.4 is 14.4 Å². The fraction of sp³-hybridized carbons (Fsp3) is 0.257. The van der Waals surface area contributed by atoms with E-state index in [2.05, 4.69) is 5.32 Å². The number of nitrogens with one attached hydrogen (secondary N) is 1. The van der Waals surface area contributed by atoms with Crippen LogP contribution in [0.1, 0.15) is 31.4 Å². The molecule has 4 aromatic rings. The molecular weight excluding hydrogens is 593 g/mol. The van der Waals surface area contributed by atoms with Crippen molar-refractivity contribution in [1.82, 2.24) is 10.2 Å². The van der Waals surface area contributed by atoms with Gasteiger partial charge in [-0.1, -0.05) is 67.6 Å². The van der Waals surface area contributed by atoms with E-state index in [1.165, 1.54) is 12.0 Å². The Balaban J connectivity index is 1.80. The summed E-state index contributed by atoms with van der Waals surface area (Å²) in [5, 5.41) is 3.02. The summed E-state index contributed by atoms with van der Waals surface area (Å²) in [6, 6.07) is 28.1. The van der Waals surface area contributed by atoms with Crippen LogP contribution in [0.4, 0.5) is 10.1 Å². The summed E-state index contributed by atoms with van der Waals surface area (Å²) in [5.41, 5.74) is 1.79. The molecule has 0 saturated carbocycles. The van der Waals surface area contributed by atoms with E-state index in [0.29, 0.717) is 17.7 Å². The Hall–Kier alpha value is -4.70. The van der Waals surface area contributed by atoms with Crippen LogP contribution >= 0.6 is 0 Å². The monoisotopic (exact) mass is 631 g/mol. The first-order chi connectivity index (χ1) is 21.6. The van der Waals surface area contributed by atoms with E-state index in [-0.39, 0.29) is 35.5 Å². The minimum Gasteiger partial charge on any atom is -0.497 e. The standard InChI is InChI=1S/C35H38FN3O5S/c1-4-26(2)37-35(41)33(23-27-12-7-5-8-13-27)38(24-28-14-11-17-31(22-28)44-3)34(40)25-39(30-15-9-6-10-16-30)45(42,43)32-20-18-29(36)19-21-32/h5-22,26,33H,4,23-25H2,1-3H3,(H,37,41)/t26-,33+/m0/s1. The summed E-state index contributed by atoms with van der Waals surface area (Å²) in [5.74, 6) is -0.949. The molecule has 0 aromatic heterocycles. The van der Waals surface area contributed by atoms with E-state index >= 15 is 0 Å². The Morgan fingerprint density at radius 2 is 1.49 bits per heavy atom. The molecule has 0 aliphatic carbocycles. The number of carbonyl (C=O) groups is 2. The molecule has 4 rings (SSSR count). The minimum absolute atomic E-state index is 0.0146. The fourth-order valence-corrected chi connectivity index (χ4v) is 6.23. The molecular formula is C35H38FN3O5S. The van der Waals surface area contributed by atoms with Crippen molar-refractivity contribution < 1.29 is 27.1 Å². The number of nitrogens with zero attached hydrogens (tertiary/aromatic N) is 2. The summed E-state index contributed by atoms with van der Waals surface area (Å²) in [6.45, 7) is 3.25. The van der Waals surface area contributed by atoms with E-state index in [9.17, 15) is 22.4 Å². The summed E-state index contributed by atoms with van der Waals surface area (Å²) in [7, 11) is -2.77. The highest BCUT2D eigenvalue weighted by atomic mass is 32.2. The van der Waals surface area contributed by atoms with Crippen molar-refractivity contribution in [3.63, 3.8) is 0 Å². The molecule has 0 aliphatic heterocycles. The van der Waals surface area contributed by atoms with Crippen LogP contribution in [-0.2, 0) is 32.6 Å². The zero-order valence-electron chi connectivity index (χ0n) is 25.6. The topological polar surface area (TPSA) is 96.0 Å². The van der Waals surface area contributed by atoms with Crippen LogP contribution in [0.5, 0.6) is 5.75 Å². The molecule has 0 aliphatic rings. The number of carbonyl (C=O) groups excluding carboxylic acids is 2. The van der Waals surface area contributed by atoms with Crippen molar-refractivity contribution in [2.75, 3.05) is 18.0 Å². The summed E-state index contributed by atoms with van der Waals surface area (Å²) in [6.07, 6.45) is 0.889. The van der Waals surface area contributed by atoms with Gasteiger partial charge in [-0.05, 0) is 73.0 Å². The average molecular weight is 632 g/mol. The van der Waals surface area contributed by atoms with Crippen molar-refractivity contribution in [1.29, 1.82) is 0 Å². The highest BCUT2D eigenvalue weighted by Crippen LogP contribution is 2.25. The first kappa shape index (κ1) is 33.2. The molecule has 2 atom stereocenters. The third kappa shape index (κ3) is 8.69. The SMILES string of the molecule is CC[C@H](C)NC(=O)[C@@H](Cc1ccccc1)N(Cc1cccc(OC)c1)C(=O)CN(c1ccccc1)S(=O)(=O)c1ccc(F)cc1. The second-order valence-corrected chi connectivity index (χ2v) is 12.6. The average Bonchev–Trinajstić information content (AvgIpc) is 3.06. The molecule has 0 spiro atoms. The van der Waals surface area contributed by atoms with Gasteiger partial charge in [-0.2, -0.15) is 0 Å². The third-order valence-electron chi connectivity index (χ3n) is 7.48. The van der Waals surface area contributed by atoms with Gasteiger partial charge in [0.1, 0.15) is 24.2 Å². The number of methoxy groups -OCH3 is 1. The van der Waals surface area contributed by atoms with Gasteiger partial charge in [0, 0.05) is 19.0 Å². The smallest absolute Gasteiger partial charge is 0.264 e. The zero-order chi connectivity index (χ0) is 32.4. The number of halogens is 1. The van der Waals surface area contributed by atoms with Crippen molar-refractivity contribution >= 4 is 27.5 Å². The highest BCUT2D eigenvalue weighted by molar-refractivity contribution is 7.92. The molecule has 0 unspecified atom stereocenters. The predicted octanol–water partition coefficient (Wildman–Crippen LogP) is 5.58. The highest BCUT2D eigenvalue weighted by Gasteiger charge is 2.35. The van der Waals surface area contributed by atoms with Gasteiger partial charge in [0.25, 0.3) is 10.0 Å². The third-order valence-corrected chi connectivity index (χ3v) is 9.27. The number of amides is 2. The summed E-state index contributed by atoms with van der Waals surface area (Å²) in [4.78, 5) is 29.6. The van der Waals surface area contributed by atoms with Crippen LogP contribution in [0, 0.1) is 5.82 Å². The molecule has 1 N–H and O–H groups in total. The van der Waals surface area contributed by atoms with E-state index in [1.54, 1.807) is 48.5 Å². The largest absolute Gasteiger partial charge is 0.497 e.